The number of hydrogen-bond donors (Lipinski definition) is 1. The van der Waals surface area contributed by atoms with Crippen LogP contribution in [0.3, 0.4) is 0 Å². The molecule has 2 unspecified atom stereocenters. The van der Waals surface area contributed by atoms with Crippen LogP contribution in [0.25, 0.3) is 0 Å². The molecular formula is C19H23NOS. The SMILES string of the molecule is CCC(NC(=O)C(C)Sc1ccccc1)c1ccc(C)cc1. The molecule has 1 amide bonds. The maximum absolute atomic E-state index is 12.4. The molecule has 0 aliphatic rings. The Hall–Kier alpha value is -1.74. The van der Waals surface area contributed by atoms with Crippen LogP contribution in [0.2, 0.25) is 0 Å². The quantitative estimate of drug-likeness (QED) is 0.780. The fourth-order valence-electron chi connectivity index (χ4n) is 2.27. The number of benzene rings is 2. The van der Waals surface area contributed by atoms with E-state index in [1.54, 1.807) is 11.8 Å². The van der Waals surface area contributed by atoms with E-state index < -0.39 is 0 Å². The van der Waals surface area contributed by atoms with Gasteiger partial charge < -0.3 is 5.32 Å². The van der Waals surface area contributed by atoms with Gasteiger partial charge in [-0.3, -0.25) is 4.79 Å². The van der Waals surface area contributed by atoms with Gasteiger partial charge in [-0.1, -0.05) is 55.0 Å². The molecule has 0 saturated carbocycles. The number of aryl methyl sites for hydroxylation is 1. The van der Waals surface area contributed by atoms with Crippen LogP contribution >= 0.6 is 11.8 Å². The van der Waals surface area contributed by atoms with Gasteiger partial charge in [0.15, 0.2) is 0 Å². The monoisotopic (exact) mass is 313 g/mol. The average molecular weight is 313 g/mol. The molecule has 0 spiro atoms. The van der Waals surface area contributed by atoms with Crippen LogP contribution in [0.15, 0.2) is 59.5 Å². The number of carbonyl (C=O) groups is 1. The van der Waals surface area contributed by atoms with Crippen molar-refractivity contribution in [3.63, 3.8) is 0 Å². The molecule has 0 heterocycles. The van der Waals surface area contributed by atoms with Gasteiger partial charge in [-0.25, -0.2) is 0 Å². The average Bonchev–Trinajstić information content (AvgIpc) is 2.54. The molecule has 0 saturated heterocycles. The van der Waals surface area contributed by atoms with E-state index in [0.29, 0.717) is 0 Å². The van der Waals surface area contributed by atoms with Gasteiger partial charge in [0.25, 0.3) is 0 Å². The molecule has 0 radical (unpaired) electrons. The Bertz CT molecular complexity index is 595. The zero-order chi connectivity index (χ0) is 15.9. The van der Waals surface area contributed by atoms with Crippen molar-refractivity contribution in [1.82, 2.24) is 5.32 Å². The molecule has 0 aliphatic carbocycles. The first-order chi connectivity index (χ1) is 10.6. The Balaban J connectivity index is 1.98. The first-order valence-corrected chi connectivity index (χ1v) is 8.56. The van der Waals surface area contributed by atoms with Crippen LogP contribution in [-0.4, -0.2) is 11.2 Å². The van der Waals surface area contributed by atoms with Gasteiger partial charge in [0, 0.05) is 4.90 Å². The summed E-state index contributed by atoms with van der Waals surface area (Å²) in [5, 5.41) is 3.05. The Morgan fingerprint density at radius 2 is 1.73 bits per heavy atom. The molecule has 22 heavy (non-hydrogen) atoms. The molecule has 0 bridgehead atoms. The summed E-state index contributed by atoms with van der Waals surface area (Å²) in [7, 11) is 0. The maximum Gasteiger partial charge on any atom is 0.233 e. The fourth-order valence-corrected chi connectivity index (χ4v) is 3.16. The van der Waals surface area contributed by atoms with Crippen LogP contribution in [0.1, 0.15) is 37.4 Å². The second-order valence-electron chi connectivity index (χ2n) is 5.45. The van der Waals surface area contributed by atoms with E-state index in [2.05, 4.69) is 43.4 Å². The molecule has 2 aromatic rings. The molecule has 0 aliphatic heterocycles. The van der Waals surface area contributed by atoms with Gasteiger partial charge in [0.2, 0.25) is 5.91 Å². The summed E-state index contributed by atoms with van der Waals surface area (Å²) in [6.07, 6.45) is 0.886. The van der Waals surface area contributed by atoms with Crippen molar-refractivity contribution in [2.24, 2.45) is 0 Å². The molecule has 2 nitrogen and oxygen atoms in total. The molecular weight excluding hydrogens is 290 g/mol. The van der Waals surface area contributed by atoms with Crippen LogP contribution in [0.5, 0.6) is 0 Å². The van der Waals surface area contributed by atoms with Crippen molar-refractivity contribution in [2.75, 3.05) is 0 Å². The predicted octanol–water partition coefficient (Wildman–Crippen LogP) is 4.74. The third-order valence-electron chi connectivity index (χ3n) is 3.63. The lowest BCUT2D eigenvalue weighted by Crippen LogP contribution is -2.34. The number of amides is 1. The molecule has 3 heteroatoms. The van der Waals surface area contributed by atoms with Gasteiger partial charge in [-0.15, -0.1) is 11.8 Å². The largest absolute Gasteiger partial charge is 0.348 e. The highest BCUT2D eigenvalue weighted by Crippen LogP contribution is 2.24. The number of thioether (sulfide) groups is 1. The lowest BCUT2D eigenvalue weighted by atomic mass is 10.0. The van der Waals surface area contributed by atoms with Crippen molar-refractivity contribution in [1.29, 1.82) is 0 Å². The standard InChI is InChI=1S/C19H23NOS/c1-4-18(16-12-10-14(2)11-13-16)20-19(21)15(3)22-17-8-6-5-7-9-17/h5-13,15,18H,4H2,1-3H3,(H,20,21). The van der Waals surface area contributed by atoms with E-state index in [1.165, 1.54) is 11.1 Å². The summed E-state index contributed by atoms with van der Waals surface area (Å²) in [6, 6.07) is 18.5. The number of nitrogens with one attached hydrogen (secondary N) is 1. The van der Waals surface area contributed by atoms with Crippen LogP contribution < -0.4 is 5.32 Å². The zero-order valence-electron chi connectivity index (χ0n) is 13.4. The van der Waals surface area contributed by atoms with Gasteiger partial charge in [-0.05, 0) is 38.0 Å². The van der Waals surface area contributed by atoms with Crippen molar-refractivity contribution in [2.45, 2.75) is 43.4 Å². The second-order valence-corrected chi connectivity index (χ2v) is 6.87. The third kappa shape index (κ3) is 4.63. The summed E-state index contributed by atoms with van der Waals surface area (Å²) in [6.45, 7) is 6.12. The van der Waals surface area contributed by atoms with E-state index in [0.717, 1.165) is 11.3 Å². The first-order valence-electron chi connectivity index (χ1n) is 7.68. The maximum atomic E-state index is 12.4. The Kier molecular flexibility index (Phi) is 6.08. The van der Waals surface area contributed by atoms with Crippen molar-refractivity contribution in [3.8, 4) is 0 Å². The Morgan fingerprint density at radius 1 is 1.09 bits per heavy atom. The minimum Gasteiger partial charge on any atom is -0.348 e. The highest BCUT2D eigenvalue weighted by Gasteiger charge is 2.18. The molecule has 2 atom stereocenters. The predicted molar refractivity (Wildman–Crippen MR) is 94.1 cm³/mol. The lowest BCUT2D eigenvalue weighted by molar-refractivity contribution is -0.121. The third-order valence-corrected chi connectivity index (χ3v) is 4.74. The molecule has 116 valence electrons. The van der Waals surface area contributed by atoms with E-state index in [1.807, 2.05) is 37.3 Å². The van der Waals surface area contributed by atoms with Crippen LogP contribution in [0.4, 0.5) is 0 Å². The molecule has 0 fully saturated rings. The molecule has 2 aromatic carbocycles. The topological polar surface area (TPSA) is 29.1 Å². The normalized spacial score (nSPS) is 13.4. The van der Waals surface area contributed by atoms with E-state index in [9.17, 15) is 4.79 Å². The Morgan fingerprint density at radius 3 is 2.32 bits per heavy atom. The zero-order valence-corrected chi connectivity index (χ0v) is 14.2. The van der Waals surface area contributed by atoms with Crippen molar-refractivity contribution in [3.05, 3.63) is 65.7 Å². The van der Waals surface area contributed by atoms with Gasteiger partial charge in [-0.2, -0.15) is 0 Å². The number of carbonyl (C=O) groups excluding carboxylic acids is 1. The summed E-state index contributed by atoms with van der Waals surface area (Å²) in [4.78, 5) is 13.5. The summed E-state index contributed by atoms with van der Waals surface area (Å²) in [5.74, 6) is 0.0845. The van der Waals surface area contributed by atoms with Gasteiger partial charge >= 0.3 is 0 Å². The van der Waals surface area contributed by atoms with Gasteiger partial charge in [0.05, 0.1) is 11.3 Å². The second kappa shape index (κ2) is 8.04. The highest BCUT2D eigenvalue weighted by atomic mass is 32.2. The number of hydrogen-bond acceptors (Lipinski definition) is 2. The lowest BCUT2D eigenvalue weighted by Gasteiger charge is -2.20. The molecule has 2 rings (SSSR count). The van der Waals surface area contributed by atoms with Crippen LogP contribution in [0, 0.1) is 6.92 Å². The summed E-state index contributed by atoms with van der Waals surface area (Å²) < 4.78 is 0. The van der Waals surface area contributed by atoms with E-state index in [4.69, 9.17) is 0 Å². The first kappa shape index (κ1) is 16.6. The Labute approximate surface area is 137 Å². The van der Waals surface area contributed by atoms with Gasteiger partial charge in [0.1, 0.15) is 0 Å². The number of rotatable bonds is 6. The summed E-state index contributed by atoms with van der Waals surface area (Å²) in [5.41, 5.74) is 2.40. The van der Waals surface area contributed by atoms with E-state index in [-0.39, 0.29) is 17.2 Å². The fraction of sp³-hybridized carbons (Fsp3) is 0.316. The molecule has 0 aromatic heterocycles. The smallest absolute Gasteiger partial charge is 0.233 e. The van der Waals surface area contributed by atoms with E-state index >= 15 is 0 Å². The van der Waals surface area contributed by atoms with Crippen LogP contribution in [-0.2, 0) is 4.79 Å². The van der Waals surface area contributed by atoms with Crippen molar-refractivity contribution >= 4 is 17.7 Å². The highest BCUT2D eigenvalue weighted by molar-refractivity contribution is 8.00. The minimum atomic E-state index is -0.109. The molecule has 1 N–H and O–H groups in total. The summed E-state index contributed by atoms with van der Waals surface area (Å²) >= 11 is 1.59. The minimum absolute atomic E-state index is 0.0759. The van der Waals surface area contributed by atoms with Crippen molar-refractivity contribution < 1.29 is 4.79 Å².